The minimum atomic E-state index is -0.821. The van der Waals surface area contributed by atoms with Crippen molar-refractivity contribution in [1.29, 1.82) is 0 Å². The smallest absolute Gasteiger partial charge is 0.257 e. The van der Waals surface area contributed by atoms with Crippen LogP contribution in [0.4, 0.5) is 8.78 Å². The third-order valence-electron chi connectivity index (χ3n) is 3.10. The summed E-state index contributed by atoms with van der Waals surface area (Å²) in [6.45, 7) is 1.64. The Kier molecular flexibility index (Phi) is 4.91. The highest BCUT2D eigenvalue weighted by Gasteiger charge is 2.27. The Morgan fingerprint density at radius 2 is 2.25 bits per heavy atom. The number of ether oxygens (including phenoxy) is 1. The largest absolute Gasteiger partial charge is 0.373 e. The van der Waals surface area contributed by atoms with E-state index in [4.69, 9.17) is 16.3 Å². The fourth-order valence-corrected chi connectivity index (χ4v) is 2.26. The van der Waals surface area contributed by atoms with E-state index in [9.17, 15) is 13.6 Å². The maximum Gasteiger partial charge on any atom is 0.257 e. The molecule has 0 radical (unpaired) electrons. The van der Waals surface area contributed by atoms with Crippen molar-refractivity contribution in [2.24, 2.45) is 0 Å². The summed E-state index contributed by atoms with van der Waals surface area (Å²) in [7, 11) is 1.78. The summed E-state index contributed by atoms with van der Waals surface area (Å²) in [6, 6.07) is 1.65. The fraction of sp³-hybridized carbons (Fsp3) is 0.462. The molecule has 4 nitrogen and oxygen atoms in total. The summed E-state index contributed by atoms with van der Waals surface area (Å²) in [5.41, 5.74) is -0.308. The predicted octanol–water partition coefficient (Wildman–Crippen LogP) is 1.68. The second-order valence-electron chi connectivity index (χ2n) is 4.55. The van der Waals surface area contributed by atoms with Gasteiger partial charge < -0.3 is 15.0 Å². The Bertz CT molecular complexity index is 511. The second-order valence-corrected chi connectivity index (χ2v) is 4.96. The summed E-state index contributed by atoms with van der Waals surface area (Å²) < 4.78 is 32.6. The normalized spacial score (nSPS) is 19.2. The average Bonchev–Trinajstić information content (AvgIpc) is 2.43. The van der Waals surface area contributed by atoms with Gasteiger partial charge in [-0.3, -0.25) is 4.79 Å². The number of halogens is 3. The zero-order valence-electron chi connectivity index (χ0n) is 11.0. The van der Waals surface area contributed by atoms with Crippen molar-refractivity contribution in [3.63, 3.8) is 0 Å². The molecule has 1 amide bonds. The van der Waals surface area contributed by atoms with Crippen LogP contribution in [0.25, 0.3) is 0 Å². The molecule has 1 aliphatic rings. The lowest BCUT2D eigenvalue weighted by Crippen LogP contribution is -2.48. The maximum absolute atomic E-state index is 13.7. The number of nitrogens with one attached hydrogen (secondary N) is 1. The SMILES string of the molecule is CNCC1CN(C(=O)c2cc(F)c(Cl)cc2F)CCO1. The van der Waals surface area contributed by atoms with Crippen LogP contribution in [0.2, 0.25) is 5.02 Å². The van der Waals surface area contributed by atoms with Crippen LogP contribution < -0.4 is 5.32 Å². The van der Waals surface area contributed by atoms with Crippen molar-refractivity contribution in [3.8, 4) is 0 Å². The molecule has 0 bridgehead atoms. The number of hydrogen-bond donors (Lipinski definition) is 1. The fourth-order valence-electron chi connectivity index (χ4n) is 2.11. The van der Waals surface area contributed by atoms with Crippen LogP contribution in [-0.4, -0.2) is 50.2 Å². The van der Waals surface area contributed by atoms with Gasteiger partial charge in [0.1, 0.15) is 11.6 Å². The molecule has 2 rings (SSSR count). The highest BCUT2D eigenvalue weighted by atomic mass is 35.5. The summed E-state index contributed by atoms with van der Waals surface area (Å²) in [5, 5.41) is 2.61. The quantitative estimate of drug-likeness (QED) is 0.864. The van der Waals surface area contributed by atoms with Gasteiger partial charge in [0.15, 0.2) is 0 Å². The van der Waals surface area contributed by atoms with Crippen molar-refractivity contribution in [3.05, 3.63) is 34.4 Å². The maximum atomic E-state index is 13.7. The molecule has 0 spiro atoms. The van der Waals surface area contributed by atoms with Gasteiger partial charge in [-0.05, 0) is 19.2 Å². The molecule has 1 saturated heterocycles. The average molecular weight is 305 g/mol. The van der Waals surface area contributed by atoms with Crippen LogP contribution in [0.3, 0.4) is 0 Å². The Morgan fingerprint density at radius 1 is 1.50 bits per heavy atom. The van der Waals surface area contributed by atoms with E-state index in [1.165, 1.54) is 4.90 Å². The number of carbonyl (C=O) groups excluding carboxylic acids is 1. The topological polar surface area (TPSA) is 41.6 Å². The van der Waals surface area contributed by atoms with Crippen molar-refractivity contribution in [1.82, 2.24) is 10.2 Å². The number of morpholine rings is 1. The van der Waals surface area contributed by atoms with Gasteiger partial charge in [0, 0.05) is 19.6 Å². The van der Waals surface area contributed by atoms with Gasteiger partial charge in [0.2, 0.25) is 0 Å². The van der Waals surface area contributed by atoms with E-state index in [2.05, 4.69) is 5.32 Å². The van der Waals surface area contributed by atoms with Crippen molar-refractivity contribution in [2.45, 2.75) is 6.10 Å². The number of amides is 1. The van der Waals surface area contributed by atoms with Gasteiger partial charge in [0.25, 0.3) is 5.91 Å². The number of benzene rings is 1. The van der Waals surface area contributed by atoms with Crippen LogP contribution in [0.5, 0.6) is 0 Å². The molecule has 110 valence electrons. The molecule has 1 N–H and O–H groups in total. The van der Waals surface area contributed by atoms with E-state index >= 15 is 0 Å². The van der Waals surface area contributed by atoms with Gasteiger partial charge in [-0.15, -0.1) is 0 Å². The molecule has 1 atom stereocenters. The molecular formula is C13H15ClF2N2O2. The first-order chi connectivity index (χ1) is 9.52. The zero-order valence-corrected chi connectivity index (χ0v) is 11.7. The van der Waals surface area contributed by atoms with Crippen LogP contribution in [0.1, 0.15) is 10.4 Å². The number of hydrogen-bond acceptors (Lipinski definition) is 3. The first-order valence-corrected chi connectivity index (χ1v) is 6.60. The minimum absolute atomic E-state index is 0.155. The number of likely N-dealkylation sites (N-methyl/N-ethyl adjacent to an activating group) is 1. The molecule has 1 heterocycles. The van der Waals surface area contributed by atoms with E-state index in [0.29, 0.717) is 26.2 Å². The van der Waals surface area contributed by atoms with Gasteiger partial charge in [-0.1, -0.05) is 11.6 Å². The first kappa shape index (κ1) is 15.2. The number of nitrogens with zero attached hydrogens (tertiary/aromatic N) is 1. The van der Waals surface area contributed by atoms with Gasteiger partial charge >= 0.3 is 0 Å². The second kappa shape index (κ2) is 6.47. The van der Waals surface area contributed by atoms with E-state index in [0.717, 1.165) is 12.1 Å². The van der Waals surface area contributed by atoms with E-state index < -0.39 is 17.5 Å². The molecule has 20 heavy (non-hydrogen) atoms. The first-order valence-electron chi connectivity index (χ1n) is 6.23. The number of rotatable bonds is 3. The molecule has 1 aromatic rings. The summed E-state index contributed by atoms with van der Waals surface area (Å²) in [6.07, 6.45) is -0.155. The molecule has 1 aliphatic heterocycles. The lowest BCUT2D eigenvalue weighted by atomic mass is 10.1. The molecule has 0 aromatic heterocycles. The lowest BCUT2D eigenvalue weighted by Gasteiger charge is -2.33. The summed E-state index contributed by atoms with van der Waals surface area (Å²) >= 11 is 5.47. The van der Waals surface area contributed by atoms with Crippen molar-refractivity contribution < 1.29 is 18.3 Å². The van der Waals surface area contributed by atoms with Crippen molar-refractivity contribution >= 4 is 17.5 Å². The third kappa shape index (κ3) is 3.26. The van der Waals surface area contributed by atoms with Crippen LogP contribution in [0, 0.1) is 11.6 Å². The Hall–Kier alpha value is -1.24. The predicted molar refractivity (Wildman–Crippen MR) is 70.9 cm³/mol. The van der Waals surface area contributed by atoms with E-state index in [1.54, 1.807) is 7.05 Å². The number of carbonyl (C=O) groups is 1. The Balaban J connectivity index is 2.16. The Labute approximate surface area is 120 Å². The molecule has 7 heteroatoms. The molecule has 0 aliphatic carbocycles. The molecule has 0 saturated carbocycles. The molecule has 1 aromatic carbocycles. The van der Waals surface area contributed by atoms with Gasteiger partial charge in [-0.2, -0.15) is 0 Å². The van der Waals surface area contributed by atoms with Gasteiger partial charge in [-0.25, -0.2) is 8.78 Å². The van der Waals surface area contributed by atoms with E-state index in [-0.39, 0.29) is 16.7 Å². The standard InChI is InChI=1S/C13H15ClF2N2O2/c1-17-6-8-7-18(2-3-20-8)13(19)9-4-12(16)10(14)5-11(9)15/h4-5,8,17H,2-3,6-7H2,1H3. The Morgan fingerprint density at radius 3 is 2.95 bits per heavy atom. The highest BCUT2D eigenvalue weighted by molar-refractivity contribution is 6.30. The summed E-state index contributed by atoms with van der Waals surface area (Å²) in [4.78, 5) is 13.7. The minimum Gasteiger partial charge on any atom is -0.373 e. The van der Waals surface area contributed by atoms with E-state index in [1.807, 2.05) is 0 Å². The van der Waals surface area contributed by atoms with Crippen molar-refractivity contribution in [2.75, 3.05) is 33.3 Å². The van der Waals surface area contributed by atoms with Crippen LogP contribution in [-0.2, 0) is 4.74 Å². The highest BCUT2D eigenvalue weighted by Crippen LogP contribution is 2.21. The molecule has 1 fully saturated rings. The summed E-state index contributed by atoms with van der Waals surface area (Å²) in [5.74, 6) is -2.18. The molecular weight excluding hydrogens is 290 g/mol. The zero-order chi connectivity index (χ0) is 14.7. The van der Waals surface area contributed by atoms with Crippen LogP contribution >= 0.6 is 11.6 Å². The lowest BCUT2D eigenvalue weighted by molar-refractivity contribution is -0.0197. The monoisotopic (exact) mass is 304 g/mol. The third-order valence-corrected chi connectivity index (χ3v) is 3.39. The van der Waals surface area contributed by atoms with Gasteiger partial charge in [0.05, 0.1) is 23.3 Å². The molecule has 1 unspecified atom stereocenters. The van der Waals surface area contributed by atoms with Crippen LogP contribution in [0.15, 0.2) is 12.1 Å².